The fourth-order valence-corrected chi connectivity index (χ4v) is 3.98. The molecule has 3 aromatic heterocycles. The highest BCUT2D eigenvalue weighted by atomic mass is 32.1. The molecule has 3 nitrogen and oxygen atoms in total. The first-order valence-corrected chi connectivity index (χ1v) is 7.54. The van der Waals surface area contributed by atoms with E-state index < -0.39 is 0 Å². The second kappa shape index (κ2) is 4.21. The highest BCUT2D eigenvalue weighted by molar-refractivity contribution is 7.23. The summed E-state index contributed by atoms with van der Waals surface area (Å²) in [6, 6.07) is 4.12. The lowest BCUT2D eigenvalue weighted by Gasteiger charge is -1.89. The van der Waals surface area contributed by atoms with Crippen LogP contribution in [0.25, 0.3) is 20.5 Å². The number of hydrogen-bond acceptors (Lipinski definition) is 6. The Bertz CT molecular complexity index is 637. The Balaban J connectivity index is 2.07. The standard InChI is InChI=1S/C11H9N3S3/c1-6-9(7-5-16-11(12)14-7)17-10(13-6)8-3-2-4-15-8/h2-5H,1H3,(H2,12,14). The summed E-state index contributed by atoms with van der Waals surface area (Å²) in [6.45, 7) is 2.01. The molecule has 3 aromatic rings. The van der Waals surface area contributed by atoms with Crippen LogP contribution < -0.4 is 5.73 Å². The number of nitrogens with two attached hydrogens (primary N) is 1. The fourth-order valence-electron chi connectivity index (χ4n) is 1.53. The molecule has 3 heterocycles. The Labute approximate surface area is 111 Å². The lowest BCUT2D eigenvalue weighted by Crippen LogP contribution is -1.82. The fraction of sp³-hybridized carbons (Fsp3) is 0.0909. The smallest absolute Gasteiger partial charge is 0.180 e. The number of hydrogen-bond donors (Lipinski definition) is 1. The molecule has 0 fully saturated rings. The third-order valence-corrected chi connectivity index (χ3v) is 5.18. The molecule has 0 saturated heterocycles. The van der Waals surface area contributed by atoms with Crippen molar-refractivity contribution in [2.75, 3.05) is 5.73 Å². The van der Waals surface area contributed by atoms with Crippen LogP contribution in [-0.4, -0.2) is 9.97 Å². The minimum atomic E-state index is 0.602. The summed E-state index contributed by atoms with van der Waals surface area (Å²) < 4.78 is 0. The van der Waals surface area contributed by atoms with Gasteiger partial charge in [0.15, 0.2) is 5.13 Å². The van der Waals surface area contributed by atoms with Gasteiger partial charge in [-0.2, -0.15) is 0 Å². The minimum Gasteiger partial charge on any atom is -0.375 e. The summed E-state index contributed by atoms with van der Waals surface area (Å²) in [5.74, 6) is 0. The van der Waals surface area contributed by atoms with Crippen molar-refractivity contribution < 1.29 is 0 Å². The zero-order valence-corrected chi connectivity index (χ0v) is 11.5. The maximum atomic E-state index is 5.66. The molecule has 6 heteroatoms. The van der Waals surface area contributed by atoms with Gasteiger partial charge in [0.25, 0.3) is 0 Å². The van der Waals surface area contributed by atoms with Gasteiger partial charge in [0, 0.05) is 5.38 Å². The Morgan fingerprint density at radius 3 is 2.76 bits per heavy atom. The Kier molecular flexibility index (Phi) is 2.70. The van der Waals surface area contributed by atoms with Gasteiger partial charge in [-0.05, 0) is 18.4 Å². The van der Waals surface area contributed by atoms with Gasteiger partial charge in [-0.25, -0.2) is 9.97 Å². The maximum Gasteiger partial charge on any atom is 0.180 e. The summed E-state index contributed by atoms with van der Waals surface area (Å²) in [7, 11) is 0. The molecule has 3 rings (SSSR count). The molecule has 0 unspecified atom stereocenters. The third-order valence-electron chi connectivity index (χ3n) is 2.28. The number of nitrogen functional groups attached to an aromatic ring is 1. The molecule has 2 N–H and O–H groups in total. The average molecular weight is 279 g/mol. The molecule has 0 aliphatic heterocycles. The molecule has 0 aliphatic rings. The summed E-state index contributed by atoms with van der Waals surface area (Å²) in [4.78, 5) is 11.2. The van der Waals surface area contributed by atoms with E-state index in [0.717, 1.165) is 21.3 Å². The van der Waals surface area contributed by atoms with Crippen molar-refractivity contribution >= 4 is 39.1 Å². The van der Waals surface area contributed by atoms with Crippen LogP contribution in [0.2, 0.25) is 0 Å². The second-order valence-corrected chi connectivity index (χ2v) is 6.32. The average Bonchev–Trinajstić information content (AvgIpc) is 2.97. The molecular formula is C11H9N3S3. The van der Waals surface area contributed by atoms with E-state index in [2.05, 4.69) is 21.4 Å². The van der Waals surface area contributed by atoms with Crippen molar-refractivity contribution in [2.45, 2.75) is 6.92 Å². The molecular weight excluding hydrogens is 270 g/mol. The monoisotopic (exact) mass is 279 g/mol. The van der Waals surface area contributed by atoms with Gasteiger partial charge in [-0.1, -0.05) is 6.07 Å². The number of thiazole rings is 2. The summed E-state index contributed by atoms with van der Waals surface area (Å²) in [5, 5.41) is 5.70. The highest BCUT2D eigenvalue weighted by Gasteiger charge is 2.13. The van der Waals surface area contributed by atoms with E-state index in [1.165, 1.54) is 16.2 Å². The topological polar surface area (TPSA) is 51.8 Å². The lowest BCUT2D eigenvalue weighted by molar-refractivity contribution is 1.26. The molecule has 0 radical (unpaired) electrons. The number of aryl methyl sites for hydroxylation is 1. The summed E-state index contributed by atoms with van der Waals surface area (Å²) in [5.41, 5.74) is 7.61. The van der Waals surface area contributed by atoms with Crippen molar-refractivity contribution in [1.29, 1.82) is 0 Å². The largest absolute Gasteiger partial charge is 0.375 e. The quantitative estimate of drug-likeness (QED) is 0.774. The number of nitrogens with zero attached hydrogens (tertiary/aromatic N) is 2. The second-order valence-electron chi connectivity index (χ2n) is 3.48. The van der Waals surface area contributed by atoms with Gasteiger partial charge < -0.3 is 5.73 Å². The first-order chi connectivity index (χ1) is 8.24. The van der Waals surface area contributed by atoms with Crippen LogP contribution in [-0.2, 0) is 0 Å². The number of thiophene rings is 1. The molecule has 0 aromatic carbocycles. The summed E-state index contributed by atoms with van der Waals surface area (Å²) >= 11 is 4.84. The van der Waals surface area contributed by atoms with Crippen molar-refractivity contribution in [3.8, 4) is 20.5 Å². The minimum absolute atomic E-state index is 0.602. The van der Waals surface area contributed by atoms with Gasteiger partial charge in [-0.3, -0.25) is 0 Å². The van der Waals surface area contributed by atoms with Crippen LogP contribution in [0, 0.1) is 6.92 Å². The molecule has 0 bridgehead atoms. The van der Waals surface area contributed by atoms with Gasteiger partial charge in [0.2, 0.25) is 0 Å². The maximum absolute atomic E-state index is 5.66. The van der Waals surface area contributed by atoms with Crippen molar-refractivity contribution in [2.24, 2.45) is 0 Å². The van der Waals surface area contributed by atoms with Crippen LogP contribution in [0.5, 0.6) is 0 Å². The first-order valence-electron chi connectivity index (χ1n) is 4.97. The van der Waals surface area contributed by atoms with Crippen molar-refractivity contribution in [3.05, 3.63) is 28.6 Å². The van der Waals surface area contributed by atoms with E-state index >= 15 is 0 Å². The van der Waals surface area contributed by atoms with Gasteiger partial charge in [-0.15, -0.1) is 34.0 Å². The van der Waals surface area contributed by atoms with Crippen LogP contribution in [0.1, 0.15) is 5.69 Å². The summed E-state index contributed by atoms with van der Waals surface area (Å²) in [6.07, 6.45) is 0. The molecule has 17 heavy (non-hydrogen) atoms. The van der Waals surface area contributed by atoms with Crippen LogP contribution in [0.15, 0.2) is 22.9 Å². The van der Waals surface area contributed by atoms with Crippen molar-refractivity contribution in [3.63, 3.8) is 0 Å². The number of aromatic nitrogens is 2. The lowest BCUT2D eigenvalue weighted by atomic mass is 10.3. The SMILES string of the molecule is Cc1nc(-c2cccs2)sc1-c1csc(N)n1. The molecule has 0 spiro atoms. The molecule has 0 saturated carbocycles. The Hall–Kier alpha value is -1.24. The van der Waals surface area contributed by atoms with E-state index in [9.17, 15) is 0 Å². The van der Waals surface area contributed by atoms with Gasteiger partial charge in [0.1, 0.15) is 5.01 Å². The van der Waals surface area contributed by atoms with Gasteiger partial charge >= 0.3 is 0 Å². The van der Waals surface area contributed by atoms with Crippen LogP contribution in [0.4, 0.5) is 5.13 Å². The Morgan fingerprint density at radius 1 is 1.24 bits per heavy atom. The van der Waals surface area contributed by atoms with E-state index in [0.29, 0.717) is 5.13 Å². The zero-order valence-electron chi connectivity index (χ0n) is 9.01. The van der Waals surface area contributed by atoms with E-state index in [1.54, 1.807) is 22.7 Å². The third kappa shape index (κ3) is 1.99. The van der Waals surface area contributed by atoms with Crippen molar-refractivity contribution in [1.82, 2.24) is 9.97 Å². The first kappa shape index (κ1) is 10.9. The van der Waals surface area contributed by atoms with Crippen LogP contribution in [0.3, 0.4) is 0 Å². The normalized spacial score (nSPS) is 10.9. The number of rotatable bonds is 2. The Morgan fingerprint density at radius 2 is 2.12 bits per heavy atom. The predicted molar refractivity (Wildman–Crippen MR) is 75.7 cm³/mol. The van der Waals surface area contributed by atoms with Crippen LogP contribution >= 0.6 is 34.0 Å². The van der Waals surface area contributed by atoms with E-state index in [1.807, 2.05) is 18.4 Å². The van der Waals surface area contributed by atoms with Gasteiger partial charge in [0.05, 0.1) is 21.1 Å². The highest BCUT2D eigenvalue weighted by Crippen LogP contribution is 2.37. The number of anilines is 1. The zero-order chi connectivity index (χ0) is 11.8. The molecule has 86 valence electrons. The molecule has 0 atom stereocenters. The van der Waals surface area contributed by atoms with E-state index in [4.69, 9.17) is 5.73 Å². The molecule has 0 amide bonds. The molecule has 0 aliphatic carbocycles. The van der Waals surface area contributed by atoms with E-state index in [-0.39, 0.29) is 0 Å². The predicted octanol–water partition coefficient (Wildman–Crippen LogP) is 3.89.